The van der Waals surface area contributed by atoms with Gasteiger partial charge in [0.25, 0.3) is 0 Å². The van der Waals surface area contributed by atoms with Crippen molar-refractivity contribution in [1.29, 1.82) is 0 Å². The van der Waals surface area contributed by atoms with Gasteiger partial charge in [-0.2, -0.15) is 0 Å². The van der Waals surface area contributed by atoms with E-state index in [0.29, 0.717) is 5.75 Å². The fourth-order valence-corrected chi connectivity index (χ4v) is 2.92. The van der Waals surface area contributed by atoms with Crippen LogP contribution >= 0.6 is 11.8 Å². The fourth-order valence-electron chi connectivity index (χ4n) is 1.89. The molecule has 0 saturated heterocycles. The van der Waals surface area contributed by atoms with E-state index >= 15 is 0 Å². The Bertz CT molecular complexity index is 465. The van der Waals surface area contributed by atoms with Gasteiger partial charge in [-0.1, -0.05) is 39.8 Å². The predicted molar refractivity (Wildman–Crippen MR) is 91.8 cm³/mol. The van der Waals surface area contributed by atoms with E-state index in [1.54, 1.807) is 11.8 Å². The summed E-state index contributed by atoms with van der Waals surface area (Å²) >= 11 is 1.66. The highest BCUT2D eigenvalue weighted by Gasteiger charge is 2.30. The van der Waals surface area contributed by atoms with Crippen LogP contribution in [0.25, 0.3) is 0 Å². The maximum atomic E-state index is 11.7. The van der Waals surface area contributed by atoms with E-state index in [-0.39, 0.29) is 11.3 Å². The lowest BCUT2D eigenvalue weighted by Crippen LogP contribution is -2.55. The van der Waals surface area contributed by atoms with Gasteiger partial charge in [0.05, 0.1) is 0 Å². The van der Waals surface area contributed by atoms with Gasteiger partial charge in [-0.25, -0.2) is 0 Å². The molecule has 1 unspecified atom stereocenters. The van der Waals surface area contributed by atoms with Gasteiger partial charge in [0.1, 0.15) is 5.54 Å². The van der Waals surface area contributed by atoms with Crippen molar-refractivity contribution in [3.8, 4) is 0 Å². The predicted octanol–water partition coefficient (Wildman–Crippen LogP) is 3.32. The third-order valence-electron chi connectivity index (χ3n) is 3.56. The lowest BCUT2D eigenvalue weighted by molar-refractivity contribution is -0.122. The molecule has 3 N–H and O–H groups in total. The first kappa shape index (κ1) is 18.1. The number of rotatable bonds is 7. The van der Waals surface area contributed by atoms with Gasteiger partial charge < -0.3 is 11.1 Å². The van der Waals surface area contributed by atoms with Crippen LogP contribution in [-0.2, 0) is 10.2 Å². The van der Waals surface area contributed by atoms with E-state index in [9.17, 15) is 4.79 Å². The standard InChI is InChI=1S/C17H28N2OS/c1-6-11-19-17(5,15(18)20)12-21-14-9-7-13(8-10-14)16(2,3)4/h7-10,19H,6,11-12H2,1-5H3,(H2,18,20). The van der Waals surface area contributed by atoms with Crippen molar-refractivity contribution < 1.29 is 4.79 Å². The third-order valence-corrected chi connectivity index (χ3v) is 4.88. The number of amides is 1. The van der Waals surface area contributed by atoms with E-state index in [1.165, 1.54) is 5.56 Å². The molecule has 0 aliphatic rings. The first-order valence-corrected chi connectivity index (χ1v) is 8.46. The van der Waals surface area contributed by atoms with Crippen molar-refractivity contribution in [2.75, 3.05) is 12.3 Å². The lowest BCUT2D eigenvalue weighted by Gasteiger charge is -2.27. The second-order valence-corrected chi connectivity index (χ2v) is 7.73. The second-order valence-electron chi connectivity index (χ2n) is 6.69. The molecule has 0 heterocycles. The van der Waals surface area contributed by atoms with Crippen LogP contribution < -0.4 is 11.1 Å². The Morgan fingerprint density at radius 2 is 1.76 bits per heavy atom. The van der Waals surface area contributed by atoms with Crippen molar-refractivity contribution >= 4 is 17.7 Å². The molecule has 0 spiro atoms. The van der Waals surface area contributed by atoms with Crippen LogP contribution in [0.3, 0.4) is 0 Å². The average molecular weight is 308 g/mol. The number of nitrogens with two attached hydrogens (primary N) is 1. The molecule has 0 radical (unpaired) electrons. The minimum absolute atomic E-state index is 0.160. The van der Waals surface area contributed by atoms with Crippen molar-refractivity contribution in [3.05, 3.63) is 29.8 Å². The Kier molecular flexibility index (Phi) is 6.29. The molecule has 1 rings (SSSR count). The molecule has 0 bridgehead atoms. The van der Waals surface area contributed by atoms with Crippen LogP contribution in [0, 0.1) is 0 Å². The maximum Gasteiger partial charge on any atom is 0.238 e. The second kappa shape index (κ2) is 7.32. The Hall–Kier alpha value is -1.00. The van der Waals surface area contributed by atoms with Crippen LogP contribution in [0.15, 0.2) is 29.2 Å². The Morgan fingerprint density at radius 3 is 2.19 bits per heavy atom. The molecule has 0 aromatic heterocycles. The van der Waals surface area contributed by atoms with Crippen LogP contribution in [-0.4, -0.2) is 23.7 Å². The molecule has 1 aromatic carbocycles. The normalized spacial score (nSPS) is 14.7. The summed E-state index contributed by atoms with van der Waals surface area (Å²) in [5.74, 6) is 0.340. The van der Waals surface area contributed by atoms with E-state index in [0.717, 1.165) is 17.9 Å². The first-order chi connectivity index (χ1) is 9.69. The minimum Gasteiger partial charge on any atom is -0.368 e. The van der Waals surface area contributed by atoms with Gasteiger partial charge in [-0.3, -0.25) is 4.79 Å². The molecule has 0 saturated carbocycles. The van der Waals surface area contributed by atoms with Crippen molar-refractivity contribution in [1.82, 2.24) is 5.32 Å². The van der Waals surface area contributed by atoms with Crippen LogP contribution in [0.1, 0.15) is 46.6 Å². The zero-order chi connectivity index (χ0) is 16.1. The van der Waals surface area contributed by atoms with Crippen LogP contribution in [0.5, 0.6) is 0 Å². The van der Waals surface area contributed by atoms with E-state index in [2.05, 4.69) is 57.3 Å². The Morgan fingerprint density at radius 1 is 1.19 bits per heavy atom. The van der Waals surface area contributed by atoms with Crippen molar-refractivity contribution in [2.45, 2.75) is 56.9 Å². The monoisotopic (exact) mass is 308 g/mol. The zero-order valence-corrected chi connectivity index (χ0v) is 14.6. The quantitative estimate of drug-likeness (QED) is 0.760. The van der Waals surface area contributed by atoms with E-state index in [4.69, 9.17) is 5.73 Å². The number of hydrogen-bond donors (Lipinski definition) is 2. The SMILES string of the molecule is CCCNC(C)(CSc1ccc(C(C)(C)C)cc1)C(N)=O. The Balaban J connectivity index is 2.70. The van der Waals surface area contributed by atoms with Gasteiger partial charge in [-0.15, -0.1) is 11.8 Å². The summed E-state index contributed by atoms with van der Waals surface area (Å²) in [6.45, 7) is 11.4. The average Bonchev–Trinajstić information content (AvgIpc) is 2.42. The van der Waals surface area contributed by atoms with Gasteiger partial charge in [0.15, 0.2) is 0 Å². The number of carbonyl (C=O) groups excluding carboxylic acids is 1. The molecule has 1 amide bonds. The largest absolute Gasteiger partial charge is 0.368 e. The van der Waals surface area contributed by atoms with Gasteiger partial charge in [-0.05, 0) is 43.0 Å². The zero-order valence-electron chi connectivity index (χ0n) is 13.8. The number of carbonyl (C=O) groups is 1. The number of benzene rings is 1. The molecular weight excluding hydrogens is 280 g/mol. The summed E-state index contributed by atoms with van der Waals surface area (Å²) in [4.78, 5) is 12.8. The van der Waals surface area contributed by atoms with E-state index < -0.39 is 5.54 Å². The molecule has 118 valence electrons. The molecule has 0 aliphatic heterocycles. The number of nitrogens with one attached hydrogen (secondary N) is 1. The summed E-state index contributed by atoms with van der Waals surface area (Å²) in [5, 5.41) is 3.26. The Labute approximate surface area is 133 Å². The van der Waals surface area contributed by atoms with Gasteiger partial charge in [0.2, 0.25) is 5.91 Å². The first-order valence-electron chi connectivity index (χ1n) is 7.47. The number of primary amides is 1. The highest BCUT2D eigenvalue weighted by molar-refractivity contribution is 7.99. The fraction of sp³-hybridized carbons (Fsp3) is 0.588. The summed E-state index contributed by atoms with van der Waals surface area (Å²) in [6.07, 6.45) is 0.980. The molecule has 0 fully saturated rings. The highest BCUT2D eigenvalue weighted by Crippen LogP contribution is 2.27. The van der Waals surface area contributed by atoms with Gasteiger partial charge in [0, 0.05) is 10.6 Å². The maximum absolute atomic E-state index is 11.7. The summed E-state index contributed by atoms with van der Waals surface area (Å²) in [6, 6.07) is 8.55. The molecule has 4 heteroatoms. The summed E-state index contributed by atoms with van der Waals surface area (Å²) < 4.78 is 0. The highest BCUT2D eigenvalue weighted by atomic mass is 32.2. The topological polar surface area (TPSA) is 55.1 Å². The van der Waals surface area contributed by atoms with Gasteiger partial charge >= 0.3 is 0 Å². The summed E-state index contributed by atoms with van der Waals surface area (Å²) in [7, 11) is 0. The molecular formula is C17H28N2OS. The molecule has 0 aliphatic carbocycles. The van der Waals surface area contributed by atoms with Crippen molar-refractivity contribution in [2.24, 2.45) is 5.73 Å². The number of hydrogen-bond acceptors (Lipinski definition) is 3. The summed E-state index contributed by atoms with van der Waals surface area (Å²) in [5.41, 5.74) is 6.35. The third kappa shape index (κ3) is 5.36. The molecule has 1 aromatic rings. The molecule has 3 nitrogen and oxygen atoms in total. The molecule has 1 atom stereocenters. The lowest BCUT2D eigenvalue weighted by atomic mass is 9.87. The van der Waals surface area contributed by atoms with Crippen LogP contribution in [0.2, 0.25) is 0 Å². The van der Waals surface area contributed by atoms with E-state index in [1.807, 2.05) is 6.92 Å². The smallest absolute Gasteiger partial charge is 0.238 e. The van der Waals surface area contributed by atoms with Crippen LogP contribution in [0.4, 0.5) is 0 Å². The molecule has 21 heavy (non-hydrogen) atoms. The van der Waals surface area contributed by atoms with Crippen molar-refractivity contribution in [3.63, 3.8) is 0 Å². The number of thioether (sulfide) groups is 1. The minimum atomic E-state index is -0.663.